The Morgan fingerprint density at radius 2 is 2.10 bits per heavy atom. The van der Waals surface area contributed by atoms with Crippen molar-refractivity contribution in [2.24, 2.45) is 11.3 Å². The standard InChI is InChI=1S/C17H29N3S/c1-11-7-6-8-20(12(11)2)16-19-14-10-17(3,4)9-13(18-5)15(14)21-16/h11-13,18H,6-10H2,1-5H3. The van der Waals surface area contributed by atoms with Crippen molar-refractivity contribution >= 4 is 16.5 Å². The van der Waals surface area contributed by atoms with Crippen molar-refractivity contribution in [3.8, 4) is 0 Å². The average molecular weight is 308 g/mol. The van der Waals surface area contributed by atoms with Gasteiger partial charge in [-0.2, -0.15) is 0 Å². The maximum atomic E-state index is 5.06. The van der Waals surface area contributed by atoms with Crippen LogP contribution in [0.3, 0.4) is 0 Å². The molecule has 21 heavy (non-hydrogen) atoms. The molecule has 1 N–H and O–H groups in total. The summed E-state index contributed by atoms with van der Waals surface area (Å²) in [7, 11) is 2.08. The molecule has 3 nitrogen and oxygen atoms in total. The first kappa shape index (κ1) is 15.3. The molecule has 0 spiro atoms. The minimum Gasteiger partial charge on any atom is -0.345 e. The van der Waals surface area contributed by atoms with Gasteiger partial charge < -0.3 is 10.2 Å². The lowest BCUT2D eigenvalue weighted by atomic mass is 9.76. The third-order valence-corrected chi connectivity index (χ3v) is 6.65. The highest BCUT2D eigenvalue weighted by atomic mass is 32.1. The molecule has 1 fully saturated rings. The van der Waals surface area contributed by atoms with Gasteiger partial charge in [-0.3, -0.25) is 0 Å². The maximum absolute atomic E-state index is 5.06. The van der Waals surface area contributed by atoms with Crippen molar-refractivity contribution in [1.82, 2.24) is 10.3 Å². The number of hydrogen-bond acceptors (Lipinski definition) is 4. The number of nitrogens with zero attached hydrogens (tertiary/aromatic N) is 2. The van der Waals surface area contributed by atoms with E-state index in [0.29, 0.717) is 17.5 Å². The summed E-state index contributed by atoms with van der Waals surface area (Å²) in [6.45, 7) is 10.6. The van der Waals surface area contributed by atoms with E-state index in [0.717, 1.165) is 12.3 Å². The van der Waals surface area contributed by atoms with Crippen molar-refractivity contribution in [2.45, 2.75) is 65.5 Å². The SMILES string of the molecule is CNC1CC(C)(C)Cc2nc(N3CCCC(C)C3C)sc21. The van der Waals surface area contributed by atoms with Gasteiger partial charge >= 0.3 is 0 Å². The first-order valence-corrected chi connectivity index (χ1v) is 9.16. The molecule has 1 saturated heterocycles. The van der Waals surface area contributed by atoms with E-state index in [1.165, 1.54) is 41.5 Å². The van der Waals surface area contributed by atoms with Crippen molar-refractivity contribution in [2.75, 3.05) is 18.5 Å². The second-order valence-corrected chi connectivity index (χ2v) is 8.76. The molecule has 1 aliphatic carbocycles. The van der Waals surface area contributed by atoms with Crippen molar-refractivity contribution in [3.63, 3.8) is 0 Å². The molecule has 1 aromatic rings. The van der Waals surface area contributed by atoms with Gasteiger partial charge in [-0.1, -0.05) is 32.1 Å². The molecule has 0 saturated carbocycles. The molecule has 4 heteroatoms. The molecule has 0 radical (unpaired) electrons. The highest BCUT2D eigenvalue weighted by Crippen LogP contribution is 2.45. The Bertz CT molecular complexity index is 508. The second-order valence-electron chi connectivity index (χ2n) is 7.75. The number of aromatic nitrogens is 1. The van der Waals surface area contributed by atoms with Gasteiger partial charge in [-0.15, -0.1) is 0 Å². The second kappa shape index (κ2) is 5.54. The van der Waals surface area contributed by atoms with E-state index >= 15 is 0 Å². The lowest BCUT2D eigenvalue weighted by Gasteiger charge is -2.37. The number of piperidine rings is 1. The number of hydrogen-bond donors (Lipinski definition) is 1. The fourth-order valence-electron chi connectivity index (χ4n) is 3.88. The lowest BCUT2D eigenvalue weighted by molar-refractivity contribution is 0.265. The Balaban J connectivity index is 1.91. The van der Waals surface area contributed by atoms with Gasteiger partial charge in [0.1, 0.15) is 0 Å². The molecule has 3 rings (SSSR count). The Morgan fingerprint density at radius 1 is 1.33 bits per heavy atom. The Labute approximate surface area is 133 Å². The highest BCUT2D eigenvalue weighted by Gasteiger charge is 2.36. The quantitative estimate of drug-likeness (QED) is 0.895. The zero-order valence-corrected chi connectivity index (χ0v) is 14.9. The molecular weight excluding hydrogens is 278 g/mol. The summed E-state index contributed by atoms with van der Waals surface area (Å²) in [6.07, 6.45) is 4.99. The van der Waals surface area contributed by atoms with Gasteiger partial charge in [-0.25, -0.2) is 4.98 Å². The van der Waals surface area contributed by atoms with E-state index in [9.17, 15) is 0 Å². The average Bonchev–Trinajstić information content (AvgIpc) is 2.83. The molecule has 2 heterocycles. The van der Waals surface area contributed by atoms with Gasteiger partial charge in [-0.05, 0) is 51.0 Å². The van der Waals surface area contributed by atoms with E-state index in [1.54, 1.807) is 0 Å². The molecule has 1 aromatic heterocycles. The van der Waals surface area contributed by atoms with Gasteiger partial charge in [0.05, 0.1) is 5.69 Å². The fourth-order valence-corrected chi connectivity index (χ4v) is 5.19. The van der Waals surface area contributed by atoms with E-state index in [1.807, 2.05) is 11.3 Å². The number of anilines is 1. The normalized spacial score (nSPS) is 32.0. The largest absolute Gasteiger partial charge is 0.345 e. The van der Waals surface area contributed by atoms with Crippen molar-refractivity contribution < 1.29 is 0 Å². The molecule has 118 valence electrons. The first-order chi connectivity index (χ1) is 9.91. The van der Waals surface area contributed by atoms with E-state index in [-0.39, 0.29) is 0 Å². The van der Waals surface area contributed by atoms with Crippen LogP contribution in [0.25, 0.3) is 0 Å². The fraction of sp³-hybridized carbons (Fsp3) is 0.824. The van der Waals surface area contributed by atoms with Crippen LogP contribution in [0.1, 0.15) is 63.6 Å². The van der Waals surface area contributed by atoms with Crippen LogP contribution >= 0.6 is 11.3 Å². The number of thiazole rings is 1. The van der Waals surface area contributed by atoms with Crippen LogP contribution in [0, 0.1) is 11.3 Å². The number of fused-ring (bicyclic) bond motifs is 1. The third kappa shape index (κ3) is 2.85. The predicted octanol–water partition coefficient (Wildman–Crippen LogP) is 4.00. The van der Waals surface area contributed by atoms with E-state index in [4.69, 9.17) is 4.98 Å². The summed E-state index contributed by atoms with van der Waals surface area (Å²) >= 11 is 1.93. The Morgan fingerprint density at radius 3 is 2.81 bits per heavy atom. The van der Waals surface area contributed by atoms with Gasteiger partial charge in [0.2, 0.25) is 0 Å². The molecule has 3 unspecified atom stereocenters. The maximum Gasteiger partial charge on any atom is 0.186 e. The Kier molecular flexibility index (Phi) is 4.04. The molecule has 1 aliphatic heterocycles. The minimum atomic E-state index is 0.354. The summed E-state index contributed by atoms with van der Waals surface area (Å²) in [6, 6.07) is 1.10. The summed E-state index contributed by atoms with van der Waals surface area (Å²) in [5.74, 6) is 0.774. The van der Waals surface area contributed by atoms with Crippen molar-refractivity contribution in [1.29, 1.82) is 0 Å². The minimum absolute atomic E-state index is 0.354. The third-order valence-electron chi connectivity index (χ3n) is 5.40. The van der Waals surface area contributed by atoms with Crippen LogP contribution in [0.5, 0.6) is 0 Å². The number of nitrogens with one attached hydrogen (secondary N) is 1. The lowest BCUT2D eigenvalue weighted by Crippen LogP contribution is -2.42. The molecule has 0 amide bonds. The Hall–Kier alpha value is -0.610. The summed E-state index contributed by atoms with van der Waals surface area (Å²) in [5.41, 5.74) is 1.70. The monoisotopic (exact) mass is 307 g/mol. The molecule has 3 atom stereocenters. The first-order valence-electron chi connectivity index (χ1n) is 8.35. The molecular formula is C17H29N3S. The zero-order valence-electron chi connectivity index (χ0n) is 14.1. The smallest absolute Gasteiger partial charge is 0.186 e. The number of rotatable bonds is 2. The topological polar surface area (TPSA) is 28.2 Å². The zero-order chi connectivity index (χ0) is 15.2. The molecule has 2 aliphatic rings. The van der Waals surface area contributed by atoms with Crippen LogP contribution in [0.15, 0.2) is 0 Å². The van der Waals surface area contributed by atoms with Crippen LogP contribution in [-0.4, -0.2) is 24.6 Å². The summed E-state index contributed by atoms with van der Waals surface area (Å²) in [5, 5.41) is 4.76. The van der Waals surface area contributed by atoms with Gasteiger partial charge in [0.15, 0.2) is 5.13 Å². The highest BCUT2D eigenvalue weighted by molar-refractivity contribution is 7.15. The van der Waals surface area contributed by atoms with Gasteiger partial charge in [0, 0.05) is 23.5 Å². The van der Waals surface area contributed by atoms with Crippen molar-refractivity contribution in [3.05, 3.63) is 10.6 Å². The van der Waals surface area contributed by atoms with Crippen LogP contribution < -0.4 is 10.2 Å². The summed E-state index contributed by atoms with van der Waals surface area (Å²) in [4.78, 5) is 9.09. The predicted molar refractivity (Wildman–Crippen MR) is 91.2 cm³/mol. The van der Waals surface area contributed by atoms with E-state index in [2.05, 4.69) is 45.0 Å². The molecule has 0 bridgehead atoms. The van der Waals surface area contributed by atoms with Crippen LogP contribution in [0.4, 0.5) is 5.13 Å². The van der Waals surface area contributed by atoms with Crippen LogP contribution in [0.2, 0.25) is 0 Å². The van der Waals surface area contributed by atoms with Crippen LogP contribution in [-0.2, 0) is 6.42 Å². The molecule has 0 aromatic carbocycles. The summed E-state index contributed by atoms with van der Waals surface area (Å²) < 4.78 is 0. The van der Waals surface area contributed by atoms with E-state index < -0.39 is 0 Å². The van der Waals surface area contributed by atoms with Gasteiger partial charge in [0.25, 0.3) is 0 Å².